The summed E-state index contributed by atoms with van der Waals surface area (Å²) < 4.78 is 1.25. The van der Waals surface area contributed by atoms with Crippen molar-refractivity contribution in [2.75, 3.05) is 26.2 Å². The molecule has 2 aromatic heterocycles. The monoisotopic (exact) mass is 495 g/mol. The number of carbonyl (C=O) groups excluding carboxylic acids is 3. The molecule has 1 aliphatic heterocycles. The maximum absolute atomic E-state index is 13.3. The van der Waals surface area contributed by atoms with Crippen LogP contribution in [0.5, 0.6) is 0 Å². The van der Waals surface area contributed by atoms with Gasteiger partial charge in [-0.15, -0.1) is 0 Å². The van der Waals surface area contributed by atoms with E-state index in [1.165, 1.54) is 17.6 Å². The number of hydrogen-bond donors (Lipinski definition) is 1. The van der Waals surface area contributed by atoms with Crippen LogP contribution in [0.1, 0.15) is 29.3 Å². The highest BCUT2D eigenvalue weighted by molar-refractivity contribution is 6.30. The summed E-state index contributed by atoms with van der Waals surface area (Å²) >= 11 is 5.91. The van der Waals surface area contributed by atoms with E-state index in [9.17, 15) is 19.2 Å². The van der Waals surface area contributed by atoms with Crippen molar-refractivity contribution in [3.8, 4) is 0 Å². The predicted molar refractivity (Wildman–Crippen MR) is 132 cm³/mol. The summed E-state index contributed by atoms with van der Waals surface area (Å²) in [6, 6.07) is 12.0. The molecule has 0 unspecified atom stereocenters. The van der Waals surface area contributed by atoms with Crippen LogP contribution in [0.3, 0.4) is 0 Å². The second kappa shape index (κ2) is 10.7. The maximum Gasteiger partial charge on any atom is 0.265 e. The number of carbonyl (C=O) groups is 3. The second-order valence-corrected chi connectivity index (χ2v) is 8.85. The van der Waals surface area contributed by atoms with Gasteiger partial charge < -0.3 is 15.1 Å². The van der Waals surface area contributed by atoms with Crippen molar-refractivity contribution >= 4 is 40.4 Å². The molecule has 1 fully saturated rings. The van der Waals surface area contributed by atoms with Gasteiger partial charge in [0.2, 0.25) is 11.8 Å². The summed E-state index contributed by atoms with van der Waals surface area (Å²) in [7, 11) is 0. The molecule has 4 rings (SSSR count). The van der Waals surface area contributed by atoms with E-state index in [-0.39, 0.29) is 30.5 Å². The molecule has 0 spiro atoms. The van der Waals surface area contributed by atoms with Gasteiger partial charge in [-0.05, 0) is 42.3 Å². The minimum atomic E-state index is -0.585. The first-order chi connectivity index (χ1) is 16.8. The third-order valence-electron chi connectivity index (χ3n) is 6.05. The van der Waals surface area contributed by atoms with Gasteiger partial charge in [-0.2, -0.15) is 0 Å². The van der Waals surface area contributed by atoms with Crippen LogP contribution in [0, 0.1) is 0 Å². The number of amides is 3. The number of pyridine rings is 2. The fourth-order valence-electron chi connectivity index (χ4n) is 4.11. The second-order valence-electron chi connectivity index (χ2n) is 8.42. The van der Waals surface area contributed by atoms with Crippen LogP contribution in [-0.2, 0) is 22.7 Å². The first kappa shape index (κ1) is 24.4. The highest BCUT2D eigenvalue weighted by atomic mass is 35.5. The number of aromatic nitrogens is 2. The number of benzene rings is 1. The molecule has 9 nitrogen and oxygen atoms in total. The average molecular weight is 496 g/mol. The number of hydrogen-bond acceptors (Lipinski definition) is 5. The number of nitrogens with one attached hydrogen (secondary N) is 1. The number of fused-ring (bicyclic) bond motifs is 1. The van der Waals surface area contributed by atoms with Crippen molar-refractivity contribution in [2.45, 2.75) is 26.4 Å². The van der Waals surface area contributed by atoms with Crippen molar-refractivity contribution in [3.05, 3.63) is 75.2 Å². The lowest BCUT2D eigenvalue weighted by Gasteiger charge is -2.22. The normalized spacial score (nSPS) is 14.0. The van der Waals surface area contributed by atoms with E-state index < -0.39 is 11.5 Å². The summed E-state index contributed by atoms with van der Waals surface area (Å²) in [5, 5.41) is 3.93. The zero-order valence-electron chi connectivity index (χ0n) is 19.4. The highest BCUT2D eigenvalue weighted by Gasteiger charge is 2.23. The van der Waals surface area contributed by atoms with Crippen molar-refractivity contribution < 1.29 is 14.4 Å². The van der Waals surface area contributed by atoms with Crippen molar-refractivity contribution in [2.24, 2.45) is 0 Å². The van der Waals surface area contributed by atoms with E-state index in [0.29, 0.717) is 48.7 Å². The first-order valence-electron chi connectivity index (χ1n) is 11.4. The number of halogens is 1. The Morgan fingerprint density at radius 3 is 2.49 bits per heavy atom. The zero-order chi connectivity index (χ0) is 24.9. The quantitative estimate of drug-likeness (QED) is 0.583. The average Bonchev–Trinajstić information content (AvgIpc) is 3.12. The Balaban J connectivity index is 1.57. The Bertz CT molecular complexity index is 1320. The minimum absolute atomic E-state index is 0.0250. The molecule has 3 heterocycles. The Labute approximate surface area is 207 Å². The summed E-state index contributed by atoms with van der Waals surface area (Å²) in [6.07, 6.45) is 2.20. The van der Waals surface area contributed by atoms with Crippen LogP contribution in [0.15, 0.2) is 53.5 Å². The molecule has 0 aliphatic carbocycles. The lowest BCUT2D eigenvalue weighted by molar-refractivity contribution is -0.133. The van der Waals surface area contributed by atoms with Crippen molar-refractivity contribution in [1.82, 2.24) is 24.7 Å². The summed E-state index contributed by atoms with van der Waals surface area (Å²) in [4.78, 5) is 58.7. The molecular formula is C25H26ClN5O4. The third kappa shape index (κ3) is 5.68. The molecule has 10 heteroatoms. The minimum Gasteiger partial charge on any atom is -0.348 e. The molecule has 1 aliphatic rings. The summed E-state index contributed by atoms with van der Waals surface area (Å²) in [5.41, 5.74) is 0.519. The molecule has 35 heavy (non-hydrogen) atoms. The van der Waals surface area contributed by atoms with Crippen LogP contribution in [0.25, 0.3) is 11.0 Å². The van der Waals surface area contributed by atoms with Gasteiger partial charge in [0.25, 0.3) is 11.5 Å². The van der Waals surface area contributed by atoms with Gasteiger partial charge in [-0.1, -0.05) is 23.7 Å². The lowest BCUT2D eigenvalue weighted by Crippen LogP contribution is -2.41. The molecule has 182 valence electrons. The number of nitrogens with zero attached hydrogens (tertiary/aromatic N) is 4. The molecule has 0 radical (unpaired) electrons. The third-order valence-corrected chi connectivity index (χ3v) is 6.30. The first-order valence-corrected chi connectivity index (χ1v) is 11.8. The predicted octanol–water partition coefficient (Wildman–Crippen LogP) is 2.06. The van der Waals surface area contributed by atoms with E-state index in [0.717, 1.165) is 5.56 Å². The maximum atomic E-state index is 13.3. The highest BCUT2D eigenvalue weighted by Crippen LogP contribution is 2.13. The van der Waals surface area contributed by atoms with E-state index >= 15 is 0 Å². The van der Waals surface area contributed by atoms with Crippen LogP contribution >= 0.6 is 11.6 Å². The van der Waals surface area contributed by atoms with Gasteiger partial charge in [0, 0.05) is 56.3 Å². The van der Waals surface area contributed by atoms with Gasteiger partial charge in [-0.25, -0.2) is 4.98 Å². The Morgan fingerprint density at radius 2 is 1.74 bits per heavy atom. The zero-order valence-corrected chi connectivity index (χ0v) is 20.1. The lowest BCUT2D eigenvalue weighted by atomic mass is 10.1. The van der Waals surface area contributed by atoms with Crippen LogP contribution in [0.4, 0.5) is 0 Å². The van der Waals surface area contributed by atoms with Gasteiger partial charge in [0.15, 0.2) is 0 Å². The molecule has 3 amide bonds. The van der Waals surface area contributed by atoms with E-state index in [4.69, 9.17) is 11.6 Å². The summed E-state index contributed by atoms with van der Waals surface area (Å²) in [6.45, 7) is 3.40. The largest absolute Gasteiger partial charge is 0.348 e. The van der Waals surface area contributed by atoms with E-state index in [1.54, 1.807) is 52.4 Å². The fourth-order valence-corrected chi connectivity index (χ4v) is 4.24. The van der Waals surface area contributed by atoms with Crippen molar-refractivity contribution in [3.63, 3.8) is 0 Å². The Kier molecular flexibility index (Phi) is 7.45. The van der Waals surface area contributed by atoms with Crippen LogP contribution in [-0.4, -0.2) is 63.3 Å². The van der Waals surface area contributed by atoms with Crippen molar-refractivity contribution in [1.29, 1.82) is 0 Å². The van der Waals surface area contributed by atoms with Crippen LogP contribution < -0.4 is 10.9 Å². The molecule has 3 aromatic rings. The topological polar surface area (TPSA) is 105 Å². The van der Waals surface area contributed by atoms with E-state index in [2.05, 4.69) is 10.3 Å². The summed E-state index contributed by atoms with van der Waals surface area (Å²) in [5.74, 6) is -0.824. The van der Waals surface area contributed by atoms with E-state index in [1.807, 2.05) is 0 Å². The Hall–Kier alpha value is -3.72. The molecule has 0 bridgehead atoms. The molecule has 0 atom stereocenters. The Morgan fingerprint density at radius 1 is 1.03 bits per heavy atom. The van der Waals surface area contributed by atoms with Gasteiger partial charge >= 0.3 is 0 Å². The van der Waals surface area contributed by atoms with Gasteiger partial charge in [0.05, 0.1) is 0 Å². The molecule has 0 saturated carbocycles. The molecule has 1 saturated heterocycles. The standard InChI is InChI=1S/C25H26ClN5O4/c1-17(32)29-10-3-11-30(13-12-29)22(33)16-31-23-19(4-2-9-27-23)14-21(25(31)35)24(34)28-15-18-5-7-20(26)8-6-18/h2,4-9,14H,3,10-13,15-16H2,1H3,(H,28,34). The van der Waals surface area contributed by atoms with Crippen LogP contribution in [0.2, 0.25) is 5.02 Å². The van der Waals surface area contributed by atoms with Gasteiger partial charge in [0.1, 0.15) is 17.8 Å². The smallest absolute Gasteiger partial charge is 0.265 e. The molecular weight excluding hydrogens is 470 g/mol. The van der Waals surface area contributed by atoms with Gasteiger partial charge in [-0.3, -0.25) is 23.7 Å². The molecule has 1 aromatic carbocycles. The fraction of sp³-hybridized carbons (Fsp3) is 0.320. The number of rotatable bonds is 5. The molecule has 1 N–H and O–H groups in total. The SMILES string of the molecule is CC(=O)N1CCCN(C(=O)Cn2c(=O)c(C(=O)NCc3ccc(Cl)cc3)cc3cccnc32)CC1.